The number of alkyl halides is 1. The summed E-state index contributed by atoms with van der Waals surface area (Å²) < 4.78 is 5.42. The highest BCUT2D eigenvalue weighted by Crippen LogP contribution is 2.25. The summed E-state index contributed by atoms with van der Waals surface area (Å²) in [5.41, 5.74) is -0.391. The highest BCUT2D eigenvalue weighted by Gasteiger charge is 2.26. The number of hydrogen-bond acceptors (Lipinski definition) is 3. The largest absolute Gasteiger partial charge is 0.444 e. The van der Waals surface area contributed by atoms with Crippen LogP contribution in [0.3, 0.4) is 0 Å². The lowest BCUT2D eigenvalue weighted by molar-refractivity contribution is 0.0219. The van der Waals surface area contributed by atoms with Crippen molar-refractivity contribution in [1.29, 1.82) is 0 Å². The van der Waals surface area contributed by atoms with Gasteiger partial charge in [-0.25, -0.2) is 4.79 Å². The number of carbonyl (C=O) groups is 1. The molecule has 1 aliphatic rings. The maximum absolute atomic E-state index is 12.0. The summed E-state index contributed by atoms with van der Waals surface area (Å²) >= 11 is 5.56. The molecule has 21 heavy (non-hydrogen) atoms. The fraction of sp³-hybridized carbons (Fsp3) is 0.938. The fourth-order valence-electron chi connectivity index (χ4n) is 2.33. The van der Waals surface area contributed by atoms with Crippen molar-refractivity contribution in [2.75, 3.05) is 24.2 Å². The predicted octanol–water partition coefficient (Wildman–Crippen LogP) is 5.07. The van der Waals surface area contributed by atoms with Crippen LogP contribution in [0.4, 0.5) is 4.79 Å². The summed E-state index contributed by atoms with van der Waals surface area (Å²) in [7, 11) is 0. The van der Waals surface area contributed by atoms with Gasteiger partial charge in [-0.2, -0.15) is 11.8 Å². The first-order chi connectivity index (χ1) is 9.92. The van der Waals surface area contributed by atoms with Crippen LogP contribution in [0, 0.1) is 0 Å². The van der Waals surface area contributed by atoms with Gasteiger partial charge in [0.05, 0.1) is 0 Å². The van der Waals surface area contributed by atoms with E-state index < -0.39 is 5.60 Å². The van der Waals surface area contributed by atoms with Crippen LogP contribution in [0.2, 0.25) is 0 Å². The highest BCUT2D eigenvalue weighted by molar-refractivity contribution is 9.09. The molecule has 1 aliphatic heterocycles. The van der Waals surface area contributed by atoms with Crippen LogP contribution in [0.5, 0.6) is 0 Å². The molecular weight excluding hydrogens is 350 g/mol. The number of amides is 1. The average molecular weight is 380 g/mol. The average Bonchev–Trinajstić information content (AvgIpc) is 2.41. The molecule has 0 N–H and O–H groups in total. The molecule has 1 rings (SSSR count). The van der Waals surface area contributed by atoms with Crippen molar-refractivity contribution in [3.8, 4) is 0 Å². The molecular formula is C16H30BrNO2S. The SMILES string of the molecule is CC(C)(C)OC(=O)N1CCC(SCCCCCCBr)CC1. The quantitative estimate of drug-likeness (QED) is 0.456. The maximum atomic E-state index is 12.0. The minimum absolute atomic E-state index is 0.152. The smallest absolute Gasteiger partial charge is 0.410 e. The molecule has 0 aliphatic carbocycles. The van der Waals surface area contributed by atoms with E-state index in [4.69, 9.17) is 4.74 Å². The van der Waals surface area contributed by atoms with Crippen molar-refractivity contribution < 1.29 is 9.53 Å². The van der Waals surface area contributed by atoms with E-state index in [1.165, 1.54) is 31.4 Å². The van der Waals surface area contributed by atoms with E-state index in [0.717, 1.165) is 36.5 Å². The normalized spacial score (nSPS) is 17.0. The van der Waals surface area contributed by atoms with Crippen molar-refractivity contribution in [3.63, 3.8) is 0 Å². The minimum atomic E-state index is -0.391. The fourth-order valence-corrected chi connectivity index (χ4v) is 3.98. The molecule has 3 nitrogen and oxygen atoms in total. The van der Waals surface area contributed by atoms with Gasteiger partial charge < -0.3 is 9.64 Å². The molecule has 0 radical (unpaired) electrons. The Hall–Kier alpha value is 0.100. The van der Waals surface area contributed by atoms with E-state index >= 15 is 0 Å². The summed E-state index contributed by atoms with van der Waals surface area (Å²) in [6, 6.07) is 0. The molecule has 0 saturated carbocycles. The van der Waals surface area contributed by atoms with Crippen molar-refractivity contribution in [2.45, 2.75) is 70.1 Å². The molecule has 0 unspecified atom stereocenters. The van der Waals surface area contributed by atoms with E-state index in [2.05, 4.69) is 27.7 Å². The van der Waals surface area contributed by atoms with Crippen molar-refractivity contribution >= 4 is 33.8 Å². The number of rotatable bonds is 7. The third kappa shape index (κ3) is 8.97. The Labute approximate surface area is 142 Å². The lowest BCUT2D eigenvalue weighted by Crippen LogP contribution is -2.42. The zero-order valence-electron chi connectivity index (χ0n) is 13.7. The number of piperidine rings is 1. The molecule has 0 aromatic rings. The van der Waals surface area contributed by atoms with Gasteiger partial charge in [0.1, 0.15) is 5.60 Å². The van der Waals surface area contributed by atoms with Crippen LogP contribution < -0.4 is 0 Å². The van der Waals surface area contributed by atoms with Crippen LogP contribution in [0.25, 0.3) is 0 Å². The number of ether oxygens (including phenoxy) is 1. The van der Waals surface area contributed by atoms with E-state index in [0.29, 0.717) is 0 Å². The molecule has 124 valence electrons. The van der Waals surface area contributed by atoms with Gasteiger partial charge in [0, 0.05) is 23.7 Å². The number of hydrogen-bond donors (Lipinski definition) is 0. The number of halogens is 1. The standard InChI is InChI=1S/C16H30BrNO2S/c1-16(2,3)20-15(19)18-11-8-14(9-12-18)21-13-7-5-4-6-10-17/h14H,4-13H2,1-3H3. The van der Waals surface area contributed by atoms with Crippen molar-refractivity contribution in [2.24, 2.45) is 0 Å². The lowest BCUT2D eigenvalue weighted by atomic mass is 10.1. The van der Waals surface area contributed by atoms with E-state index in [9.17, 15) is 4.79 Å². The zero-order valence-corrected chi connectivity index (χ0v) is 16.1. The van der Waals surface area contributed by atoms with Gasteiger partial charge in [0.2, 0.25) is 0 Å². The Bertz CT molecular complexity index is 299. The second kappa shape index (κ2) is 9.98. The molecule has 1 fully saturated rings. The van der Waals surface area contributed by atoms with Gasteiger partial charge in [0.25, 0.3) is 0 Å². The number of unbranched alkanes of at least 4 members (excludes halogenated alkanes) is 3. The van der Waals surface area contributed by atoms with Crippen molar-refractivity contribution in [1.82, 2.24) is 4.90 Å². The molecule has 1 amide bonds. The lowest BCUT2D eigenvalue weighted by Gasteiger charge is -2.33. The first-order valence-corrected chi connectivity index (χ1v) is 10.2. The highest BCUT2D eigenvalue weighted by atomic mass is 79.9. The monoisotopic (exact) mass is 379 g/mol. The summed E-state index contributed by atoms with van der Waals surface area (Å²) in [4.78, 5) is 13.8. The van der Waals surface area contributed by atoms with Crippen LogP contribution in [-0.4, -0.2) is 46.0 Å². The summed E-state index contributed by atoms with van der Waals surface area (Å²) in [5, 5.41) is 1.85. The van der Waals surface area contributed by atoms with Crippen LogP contribution in [0.1, 0.15) is 59.3 Å². The second-order valence-electron chi connectivity index (χ2n) is 6.64. The Morgan fingerprint density at radius 3 is 2.38 bits per heavy atom. The van der Waals surface area contributed by atoms with Crippen LogP contribution in [-0.2, 0) is 4.74 Å². The molecule has 1 saturated heterocycles. The Morgan fingerprint density at radius 1 is 1.19 bits per heavy atom. The first-order valence-electron chi connectivity index (χ1n) is 8.08. The second-order valence-corrected chi connectivity index (χ2v) is 8.84. The maximum Gasteiger partial charge on any atom is 0.410 e. The Kier molecular flexibility index (Phi) is 9.10. The Morgan fingerprint density at radius 2 is 1.81 bits per heavy atom. The third-order valence-electron chi connectivity index (χ3n) is 3.48. The van der Waals surface area contributed by atoms with Gasteiger partial charge in [-0.15, -0.1) is 0 Å². The molecule has 0 atom stereocenters. The van der Waals surface area contributed by atoms with E-state index in [1.54, 1.807) is 0 Å². The minimum Gasteiger partial charge on any atom is -0.444 e. The number of carbonyl (C=O) groups excluding carboxylic acids is 1. The number of likely N-dealkylation sites (tertiary alicyclic amines) is 1. The summed E-state index contributed by atoms with van der Waals surface area (Å²) in [5.74, 6) is 1.26. The van der Waals surface area contributed by atoms with Gasteiger partial charge in [-0.3, -0.25) is 0 Å². The molecule has 1 heterocycles. The topological polar surface area (TPSA) is 29.5 Å². The number of nitrogens with zero attached hydrogens (tertiary/aromatic N) is 1. The third-order valence-corrected chi connectivity index (χ3v) is 5.50. The van der Waals surface area contributed by atoms with Gasteiger partial charge >= 0.3 is 6.09 Å². The molecule has 0 aromatic heterocycles. The number of thioether (sulfide) groups is 1. The Balaban J connectivity index is 2.10. The summed E-state index contributed by atoms with van der Waals surface area (Å²) in [6.07, 6.45) is 7.35. The van der Waals surface area contributed by atoms with Crippen molar-refractivity contribution in [3.05, 3.63) is 0 Å². The van der Waals surface area contributed by atoms with E-state index in [-0.39, 0.29) is 6.09 Å². The molecule has 0 aromatic carbocycles. The first kappa shape index (κ1) is 19.1. The van der Waals surface area contributed by atoms with Crippen LogP contribution >= 0.6 is 27.7 Å². The summed E-state index contributed by atoms with van der Waals surface area (Å²) in [6.45, 7) is 7.45. The molecule has 5 heteroatoms. The van der Waals surface area contributed by atoms with Crippen LogP contribution in [0.15, 0.2) is 0 Å². The molecule has 0 bridgehead atoms. The van der Waals surface area contributed by atoms with Gasteiger partial charge in [-0.1, -0.05) is 28.8 Å². The van der Waals surface area contributed by atoms with Gasteiger partial charge in [0.15, 0.2) is 0 Å². The van der Waals surface area contributed by atoms with E-state index in [1.807, 2.05) is 25.7 Å². The molecule has 0 spiro atoms. The van der Waals surface area contributed by atoms with Gasteiger partial charge in [-0.05, 0) is 52.2 Å². The zero-order chi connectivity index (χ0) is 15.7. The predicted molar refractivity (Wildman–Crippen MR) is 95.5 cm³/mol.